The number of anilines is 1. The molecule has 2 aliphatic heterocycles. The van der Waals surface area contributed by atoms with Crippen molar-refractivity contribution >= 4 is 23.2 Å². The molecule has 0 radical (unpaired) electrons. The van der Waals surface area contributed by atoms with E-state index in [0.717, 1.165) is 11.0 Å². The Kier molecular flexibility index (Phi) is 5.57. The number of amides is 1. The summed E-state index contributed by atoms with van der Waals surface area (Å²) < 4.78 is 37.5. The number of aromatic nitrogens is 5. The Morgan fingerprint density at radius 3 is 2.80 bits per heavy atom. The molecular weight excluding hydrogens is 490 g/mol. The molecule has 4 heterocycles. The van der Waals surface area contributed by atoms with Gasteiger partial charge in [0, 0.05) is 23.2 Å². The summed E-state index contributed by atoms with van der Waals surface area (Å²) in [6.07, 6.45) is 1.51. The molecule has 2 N–H and O–H groups in total. The highest BCUT2D eigenvalue weighted by Crippen LogP contribution is 2.45. The first kappa shape index (κ1) is 23.3. The summed E-state index contributed by atoms with van der Waals surface area (Å²) in [4.78, 5) is 39.4. The number of aryl methyl sites for hydroxylation is 1. The van der Waals surface area contributed by atoms with Gasteiger partial charge in [-0.2, -0.15) is 8.78 Å². The first-order chi connectivity index (χ1) is 16.6. The lowest BCUT2D eigenvalue weighted by molar-refractivity contribution is -0.141. The lowest BCUT2D eigenvalue weighted by atomic mass is 10.1. The highest BCUT2D eigenvalue weighted by molar-refractivity contribution is 6.31. The van der Waals surface area contributed by atoms with Crippen LogP contribution in [0.5, 0.6) is 0 Å². The lowest BCUT2D eigenvalue weighted by Gasteiger charge is -2.16. The van der Waals surface area contributed by atoms with E-state index in [2.05, 4.69) is 15.3 Å². The number of benzene rings is 1. The minimum absolute atomic E-state index is 0.0317. The number of H-pyrrole nitrogens is 1. The molecule has 1 saturated heterocycles. The van der Waals surface area contributed by atoms with E-state index in [1.807, 2.05) is 0 Å². The first-order valence-corrected chi connectivity index (χ1v) is 11.0. The smallest absolute Gasteiger partial charge is 0.352 e. The zero-order valence-corrected chi connectivity index (χ0v) is 18.9. The predicted octanol–water partition coefficient (Wildman–Crippen LogP) is 1.25. The van der Waals surface area contributed by atoms with Gasteiger partial charge in [-0.25, -0.2) is 9.48 Å². The molecule has 184 valence electrons. The van der Waals surface area contributed by atoms with Crippen molar-refractivity contribution in [1.82, 2.24) is 24.5 Å². The molecule has 1 aromatic carbocycles. The number of fused-ring (bicyclic) bond motifs is 1. The number of aromatic amines is 1. The fourth-order valence-electron chi connectivity index (χ4n) is 4.38. The van der Waals surface area contributed by atoms with Gasteiger partial charge in [0.15, 0.2) is 0 Å². The van der Waals surface area contributed by atoms with Gasteiger partial charge < -0.3 is 14.7 Å². The van der Waals surface area contributed by atoms with Gasteiger partial charge in [0.1, 0.15) is 18.0 Å². The Morgan fingerprint density at radius 2 is 2.06 bits per heavy atom. The number of ether oxygens (including phenoxy) is 1. The number of carbonyl (C=O) groups is 1. The minimum Gasteiger partial charge on any atom is -0.394 e. The van der Waals surface area contributed by atoms with Crippen molar-refractivity contribution in [3.05, 3.63) is 73.3 Å². The van der Waals surface area contributed by atoms with Crippen LogP contribution in [0, 0.1) is 6.92 Å². The van der Waals surface area contributed by atoms with Crippen LogP contribution in [0.2, 0.25) is 5.02 Å². The van der Waals surface area contributed by atoms with Gasteiger partial charge in [0.25, 0.3) is 5.56 Å². The van der Waals surface area contributed by atoms with Crippen LogP contribution in [0.25, 0.3) is 0 Å². The number of aliphatic hydroxyl groups is 1. The van der Waals surface area contributed by atoms with E-state index in [0.29, 0.717) is 5.56 Å². The van der Waals surface area contributed by atoms with Crippen LogP contribution in [-0.4, -0.2) is 48.3 Å². The predicted molar refractivity (Wildman–Crippen MR) is 117 cm³/mol. The topological polar surface area (TPSA) is 135 Å². The van der Waals surface area contributed by atoms with E-state index in [1.54, 1.807) is 6.92 Å². The number of halogens is 3. The van der Waals surface area contributed by atoms with Crippen LogP contribution in [0.4, 0.5) is 14.5 Å². The molecule has 0 bridgehead atoms. The molecule has 1 amide bonds. The highest BCUT2D eigenvalue weighted by Gasteiger charge is 2.53. The summed E-state index contributed by atoms with van der Waals surface area (Å²) in [7, 11) is 0. The van der Waals surface area contributed by atoms with Gasteiger partial charge >= 0.3 is 17.5 Å². The number of hydrogen-bond donors (Lipinski definition) is 2. The fourth-order valence-corrected chi connectivity index (χ4v) is 4.56. The van der Waals surface area contributed by atoms with E-state index in [9.17, 15) is 28.3 Å². The minimum atomic E-state index is -3.72. The summed E-state index contributed by atoms with van der Waals surface area (Å²) >= 11 is 5.83. The Labute approximate surface area is 200 Å². The van der Waals surface area contributed by atoms with Gasteiger partial charge in [0.05, 0.1) is 36.6 Å². The van der Waals surface area contributed by atoms with Gasteiger partial charge in [-0.05, 0) is 25.1 Å². The second kappa shape index (κ2) is 8.36. The molecule has 14 heteroatoms. The SMILES string of the molecule is Cc1cn(C2CC(n3cc(CN4C(=O)C(F)(F)c5cc(Cl)ccc54)nn3)C(CO)O2)c(=O)[nH]c1=O. The van der Waals surface area contributed by atoms with Crippen LogP contribution >= 0.6 is 11.6 Å². The number of nitrogens with one attached hydrogen (secondary N) is 1. The number of nitrogens with zero attached hydrogens (tertiary/aromatic N) is 5. The summed E-state index contributed by atoms with van der Waals surface area (Å²) in [5.74, 6) is -5.11. The quantitative estimate of drug-likeness (QED) is 0.529. The van der Waals surface area contributed by atoms with Crippen molar-refractivity contribution in [2.24, 2.45) is 0 Å². The number of carbonyl (C=O) groups excluding carboxylic acids is 1. The number of hydrogen-bond acceptors (Lipinski definition) is 7. The number of alkyl halides is 2. The third-order valence-corrected chi connectivity index (χ3v) is 6.39. The van der Waals surface area contributed by atoms with Crippen molar-refractivity contribution in [1.29, 1.82) is 0 Å². The molecule has 2 aromatic heterocycles. The van der Waals surface area contributed by atoms with E-state index >= 15 is 0 Å². The standard InChI is InChI=1S/C21H19ClF2N6O5/c1-10-6-29(20(34)25-18(10)32)17-5-15(16(9-31)35-17)30-8-12(26-27-30)7-28-14-3-2-11(22)4-13(14)21(23,24)19(28)33/h2-4,6,8,15-17,31H,5,7,9H2,1H3,(H,25,32,34). The molecule has 0 spiro atoms. The van der Waals surface area contributed by atoms with E-state index in [1.165, 1.54) is 33.8 Å². The maximum absolute atomic E-state index is 14.5. The van der Waals surface area contributed by atoms with Crippen LogP contribution < -0.4 is 16.1 Å². The third kappa shape index (κ3) is 3.85. The summed E-state index contributed by atoms with van der Waals surface area (Å²) in [6, 6.07) is 3.28. The molecule has 5 rings (SSSR count). The van der Waals surface area contributed by atoms with Crippen molar-refractivity contribution in [2.45, 2.75) is 44.2 Å². The average Bonchev–Trinajstić information content (AvgIpc) is 3.49. The molecular formula is C21H19ClF2N6O5. The maximum atomic E-state index is 14.5. The molecule has 3 aromatic rings. The molecule has 35 heavy (non-hydrogen) atoms. The van der Waals surface area contributed by atoms with Crippen LogP contribution in [0.1, 0.15) is 35.5 Å². The Morgan fingerprint density at radius 1 is 1.29 bits per heavy atom. The molecule has 3 unspecified atom stereocenters. The second-order valence-electron chi connectivity index (χ2n) is 8.41. The second-order valence-corrected chi connectivity index (χ2v) is 8.85. The Balaban J connectivity index is 1.39. The molecule has 3 atom stereocenters. The Hall–Kier alpha value is -3.42. The number of aliphatic hydroxyl groups excluding tert-OH is 1. The molecule has 0 aliphatic carbocycles. The van der Waals surface area contributed by atoms with Gasteiger partial charge in [-0.3, -0.25) is 19.1 Å². The first-order valence-electron chi connectivity index (χ1n) is 10.6. The molecule has 1 fully saturated rings. The third-order valence-electron chi connectivity index (χ3n) is 6.16. The Bertz CT molecular complexity index is 1440. The van der Waals surface area contributed by atoms with Crippen molar-refractivity contribution in [3.63, 3.8) is 0 Å². The normalized spacial score (nSPS) is 23.2. The number of rotatable bonds is 5. The average molecular weight is 509 g/mol. The monoisotopic (exact) mass is 508 g/mol. The van der Waals surface area contributed by atoms with Gasteiger partial charge in [0.2, 0.25) is 0 Å². The largest absolute Gasteiger partial charge is 0.394 e. The van der Waals surface area contributed by atoms with Crippen molar-refractivity contribution < 1.29 is 23.4 Å². The highest BCUT2D eigenvalue weighted by atomic mass is 35.5. The molecule has 0 saturated carbocycles. The summed E-state index contributed by atoms with van der Waals surface area (Å²) in [5, 5.41) is 17.9. The molecule has 2 aliphatic rings. The van der Waals surface area contributed by atoms with E-state index in [-0.39, 0.29) is 29.4 Å². The maximum Gasteiger partial charge on any atom is 0.352 e. The van der Waals surface area contributed by atoms with Gasteiger partial charge in [-0.15, -0.1) is 5.10 Å². The fraction of sp³-hybridized carbons (Fsp3) is 0.381. The van der Waals surface area contributed by atoms with Crippen molar-refractivity contribution in [3.8, 4) is 0 Å². The van der Waals surface area contributed by atoms with E-state index < -0.39 is 53.6 Å². The summed E-state index contributed by atoms with van der Waals surface area (Å²) in [6.45, 7) is 0.893. The van der Waals surface area contributed by atoms with Gasteiger partial charge in [-0.1, -0.05) is 16.8 Å². The van der Waals surface area contributed by atoms with Crippen LogP contribution in [0.15, 0.2) is 40.2 Å². The lowest BCUT2D eigenvalue weighted by Crippen LogP contribution is -2.34. The molecule has 11 nitrogen and oxygen atoms in total. The van der Waals surface area contributed by atoms with Crippen LogP contribution in [-0.2, 0) is 22.0 Å². The van der Waals surface area contributed by atoms with E-state index in [4.69, 9.17) is 16.3 Å². The zero-order chi connectivity index (χ0) is 25.1. The zero-order valence-electron chi connectivity index (χ0n) is 18.2. The van der Waals surface area contributed by atoms with Crippen molar-refractivity contribution in [2.75, 3.05) is 11.5 Å². The van der Waals surface area contributed by atoms with Crippen LogP contribution in [0.3, 0.4) is 0 Å². The summed E-state index contributed by atoms with van der Waals surface area (Å²) in [5.41, 5.74) is -1.07.